The van der Waals surface area contributed by atoms with Crippen molar-refractivity contribution in [3.05, 3.63) is 17.7 Å². The molecule has 138 valence electrons. The van der Waals surface area contributed by atoms with Crippen LogP contribution in [0.3, 0.4) is 0 Å². The van der Waals surface area contributed by atoms with Crippen molar-refractivity contribution in [2.75, 3.05) is 34.4 Å². The molecule has 24 heavy (non-hydrogen) atoms. The molecule has 0 heterocycles. The van der Waals surface area contributed by atoms with Gasteiger partial charge < -0.3 is 30.0 Å². The Morgan fingerprint density at radius 3 is 2.29 bits per heavy atom. The van der Waals surface area contributed by atoms with Crippen LogP contribution in [0.1, 0.15) is 38.8 Å². The fourth-order valence-electron chi connectivity index (χ4n) is 1.91. The summed E-state index contributed by atoms with van der Waals surface area (Å²) in [6, 6.07) is 3.38. The molecular formula is C17H30N2O5. The highest BCUT2D eigenvalue weighted by Crippen LogP contribution is 2.40. The molecule has 1 unspecified atom stereocenters. The highest BCUT2D eigenvalue weighted by Gasteiger charge is 2.17. The number of phenolic OH excluding ortho intramolecular Hbond substituents is 1. The van der Waals surface area contributed by atoms with Crippen molar-refractivity contribution in [1.82, 2.24) is 10.6 Å². The third-order valence-corrected chi connectivity index (χ3v) is 3.05. The molecule has 1 atom stereocenters. The zero-order valence-electron chi connectivity index (χ0n) is 15.4. The average molecular weight is 342 g/mol. The fraction of sp³-hybridized carbons (Fsp3) is 0.588. The number of carbonyl (C=O) groups is 1. The van der Waals surface area contributed by atoms with E-state index < -0.39 is 6.09 Å². The van der Waals surface area contributed by atoms with E-state index in [4.69, 9.17) is 9.47 Å². The molecule has 7 heteroatoms. The number of amides is 1. The quantitative estimate of drug-likeness (QED) is 0.660. The van der Waals surface area contributed by atoms with Crippen LogP contribution in [0.4, 0.5) is 4.79 Å². The maximum Gasteiger partial charge on any atom is 0.406 e. The van der Waals surface area contributed by atoms with E-state index in [0.717, 1.165) is 0 Å². The second-order valence-electron chi connectivity index (χ2n) is 5.04. The summed E-state index contributed by atoms with van der Waals surface area (Å²) in [4.78, 5) is 10.9. The minimum atomic E-state index is -0.474. The van der Waals surface area contributed by atoms with Crippen molar-refractivity contribution in [3.63, 3.8) is 0 Å². The summed E-state index contributed by atoms with van der Waals surface area (Å²) in [5.74, 6) is 0.812. The molecule has 1 amide bonds. The summed E-state index contributed by atoms with van der Waals surface area (Å²) >= 11 is 0. The first-order valence-corrected chi connectivity index (χ1v) is 7.95. The maximum atomic E-state index is 10.9. The predicted octanol–water partition coefficient (Wildman–Crippen LogP) is 2.83. The van der Waals surface area contributed by atoms with E-state index in [0.29, 0.717) is 30.2 Å². The van der Waals surface area contributed by atoms with E-state index >= 15 is 0 Å². The number of methoxy groups -OCH3 is 3. The summed E-state index contributed by atoms with van der Waals surface area (Å²) in [5, 5.41) is 16.0. The molecule has 1 rings (SSSR count). The Morgan fingerprint density at radius 1 is 1.17 bits per heavy atom. The fourth-order valence-corrected chi connectivity index (χ4v) is 1.91. The molecule has 0 spiro atoms. The Balaban J connectivity index is 0.00000163. The second kappa shape index (κ2) is 12.3. The summed E-state index contributed by atoms with van der Waals surface area (Å²) in [6.07, 6.45) is 0.776. The largest absolute Gasteiger partial charge is 0.504 e. The van der Waals surface area contributed by atoms with Gasteiger partial charge in [-0.3, -0.25) is 0 Å². The van der Waals surface area contributed by atoms with E-state index in [1.165, 1.54) is 27.8 Å². The van der Waals surface area contributed by atoms with Crippen molar-refractivity contribution in [1.29, 1.82) is 0 Å². The van der Waals surface area contributed by atoms with Gasteiger partial charge in [-0.15, -0.1) is 0 Å². The topological polar surface area (TPSA) is 89.1 Å². The SMILES string of the molecule is CCC.COC(=O)NCCNC(C)c1ccc(OC)c(OC)c1O. The van der Waals surface area contributed by atoms with Gasteiger partial charge >= 0.3 is 6.09 Å². The molecule has 1 aromatic carbocycles. The molecule has 0 saturated carbocycles. The van der Waals surface area contributed by atoms with E-state index in [9.17, 15) is 9.90 Å². The average Bonchev–Trinajstić information content (AvgIpc) is 2.58. The molecule has 0 radical (unpaired) electrons. The number of hydrogen-bond donors (Lipinski definition) is 3. The van der Waals surface area contributed by atoms with E-state index in [1.807, 2.05) is 6.92 Å². The molecule has 0 bridgehead atoms. The van der Waals surface area contributed by atoms with Crippen LogP contribution in [0.25, 0.3) is 0 Å². The van der Waals surface area contributed by atoms with Crippen LogP contribution in [0.5, 0.6) is 17.2 Å². The molecule has 7 nitrogen and oxygen atoms in total. The van der Waals surface area contributed by atoms with Crippen molar-refractivity contribution in [2.24, 2.45) is 0 Å². The first kappa shape index (κ1) is 21.9. The van der Waals surface area contributed by atoms with Crippen LogP contribution in [0, 0.1) is 0 Å². The van der Waals surface area contributed by atoms with Gasteiger partial charge in [0.25, 0.3) is 0 Å². The predicted molar refractivity (Wildman–Crippen MR) is 94.0 cm³/mol. The number of nitrogens with one attached hydrogen (secondary N) is 2. The standard InChI is InChI=1S/C14H22N2O5.C3H8/c1-9(15-7-8-16-14(18)21-4)10-5-6-11(19-2)13(20-3)12(10)17;1-3-2/h5-6,9,15,17H,7-8H2,1-4H3,(H,16,18);3H2,1-2H3. The van der Waals surface area contributed by atoms with E-state index in [-0.39, 0.29) is 11.8 Å². The second-order valence-corrected chi connectivity index (χ2v) is 5.04. The van der Waals surface area contributed by atoms with Gasteiger partial charge in [-0.25, -0.2) is 4.79 Å². The molecule has 0 saturated heterocycles. The Kier molecular flexibility index (Phi) is 11.2. The van der Waals surface area contributed by atoms with Crippen molar-refractivity contribution >= 4 is 6.09 Å². The smallest absolute Gasteiger partial charge is 0.406 e. The number of rotatable bonds is 7. The molecule has 0 aromatic heterocycles. The lowest BCUT2D eigenvalue weighted by Gasteiger charge is -2.18. The third kappa shape index (κ3) is 6.95. The maximum absolute atomic E-state index is 10.9. The Labute approximate surface area is 144 Å². The van der Waals surface area contributed by atoms with Crippen molar-refractivity contribution < 1.29 is 24.1 Å². The number of carbonyl (C=O) groups excluding carboxylic acids is 1. The molecule has 3 N–H and O–H groups in total. The lowest BCUT2D eigenvalue weighted by atomic mass is 10.1. The van der Waals surface area contributed by atoms with Gasteiger partial charge in [-0.2, -0.15) is 0 Å². The first-order chi connectivity index (χ1) is 11.5. The van der Waals surface area contributed by atoms with Crippen molar-refractivity contribution in [2.45, 2.75) is 33.2 Å². The van der Waals surface area contributed by atoms with Crippen LogP contribution in [-0.4, -0.2) is 45.6 Å². The highest BCUT2D eigenvalue weighted by atomic mass is 16.5. The third-order valence-electron chi connectivity index (χ3n) is 3.05. The minimum Gasteiger partial charge on any atom is -0.504 e. The summed E-state index contributed by atoms with van der Waals surface area (Å²) in [5.41, 5.74) is 0.686. The summed E-state index contributed by atoms with van der Waals surface area (Å²) in [6.45, 7) is 7.11. The molecule has 0 aliphatic rings. The lowest BCUT2D eigenvalue weighted by molar-refractivity contribution is 0.171. The molecule has 0 aliphatic carbocycles. The van der Waals surface area contributed by atoms with Gasteiger partial charge in [0.15, 0.2) is 11.5 Å². The van der Waals surface area contributed by atoms with Gasteiger partial charge in [0.1, 0.15) is 0 Å². The van der Waals surface area contributed by atoms with E-state index in [1.54, 1.807) is 12.1 Å². The molecule has 1 aromatic rings. The summed E-state index contributed by atoms with van der Waals surface area (Å²) < 4.78 is 14.7. The highest BCUT2D eigenvalue weighted by molar-refractivity contribution is 5.66. The molecular weight excluding hydrogens is 312 g/mol. The Hall–Kier alpha value is -2.15. The van der Waals surface area contributed by atoms with Crippen LogP contribution in [-0.2, 0) is 4.74 Å². The normalized spacial score (nSPS) is 10.9. The van der Waals surface area contributed by atoms with Crippen LogP contribution in [0.2, 0.25) is 0 Å². The van der Waals surface area contributed by atoms with Crippen LogP contribution >= 0.6 is 0 Å². The van der Waals surface area contributed by atoms with Crippen LogP contribution < -0.4 is 20.1 Å². The Bertz CT molecular complexity index is 494. The zero-order valence-corrected chi connectivity index (χ0v) is 15.4. The number of benzene rings is 1. The number of phenols is 1. The van der Waals surface area contributed by atoms with Crippen molar-refractivity contribution in [3.8, 4) is 17.2 Å². The van der Waals surface area contributed by atoms with Gasteiger partial charge in [-0.05, 0) is 19.1 Å². The first-order valence-electron chi connectivity index (χ1n) is 7.95. The molecule has 0 fully saturated rings. The van der Waals surface area contributed by atoms with Gasteiger partial charge in [0.2, 0.25) is 5.75 Å². The number of aromatic hydroxyl groups is 1. The summed E-state index contributed by atoms with van der Waals surface area (Å²) in [7, 11) is 4.30. The van der Waals surface area contributed by atoms with Gasteiger partial charge in [-0.1, -0.05) is 20.3 Å². The lowest BCUT2D eigenvalue weighted by Crippen LogP contribution is -2.32. The number of hydrogen-bond acceptors (Lipinski definition) is 6. The van der Waals surface area contributed by atoms with Crippen LogP contribution in [0.15, 0.2) is 12.1 Å². The number of alkyl carbamates (subject to hydrolysis) is 1. The molecule has 0 aliphatic heterocycles. The van der Waals surface area contributed by atoms with Gasteiger partial charge in [0, 0.05) is 24.7 Å². The monoisotopic (exact) mass is 342 g/mol. The van der Waals surface area contributed by atoms with E-state index in [2.05, 4.69) is 29.2 Å². The number of ether oxygens (including phenoxy) is 3. The minimum absolute atomic E-state index is 0.0396. The zero-order chi connectivity index (χ0) is 18.5. The Morgan fingerprint density at radius 2 is 1.79 bits per heavy atom. The van der Waals surface area contributed by atoms with Gasteiger partial charge in [0.05, 0.1) is 21.3 Å².